The molecule has 1 aromatic heterocycles. The van der Waals surface area contributed by atoms with Gasteiger partial charge in [-0.3, -0.25) is 9.78 Å². The quantitative estimate of drug-likeness (QED) is 0.534. The molecule has 0 atom stereocenters. The van der Waals surface area contributed by atoms with Gasteiger partial charge in [-0.05, 0) is 32.5 Å². The van der Waals surface area contributed by atoms with Crippen LogP contribution in [-0.2, 0) is 16.0 Å². The number of ether oxygens (including phenoxy) is 2. The molecule has 1 aliphatic rings. The van der Waals surface area contributed by atoms with Crippen molar-refractivity contribution in [3.05, 3.63) is 28.9 Å². The third kappa shape index (κ3) is 4.62. The van der Waals surface area contributed by atoms with Crippen LogP contribution in [0.15, 0.2) is 18.3 Å². The number of pyridine rings is 1. The van der Waals surface area contributed by atoms with Crippen LogP contribution >= 0.6 is 11.6 Å². The van der Waals surface area contributed by atoms with E-state index in [9.17, 15) is 4.79 Å². The zero-order chi connectivity index (χ0) is 19.4. The monoisotopic (exact) mass is 391 g/mol. The second-order valence-corrected chi connectivity index (χ2v) is 7.49. The third-order valence-electron chi connectivity index (χ3n) is 4.72. The molecule has 146 valence electrons. The Labute approximate surface area is 165 Å². The van der Waals surface area contributed by atoms with Crippen LogP contribution in [0.1, 0.15) is 19.4 Å². The van der Waals surface area contributed by atoms with Crippen molar-refractivity contribution in [2.24, 2.45) is 0 Å². The molecule has 2 aromatic rings. The maximum Gasteiger partial charge on any atom is 0.293 e. The molecular weight excluding hydrogens is 366 g/mol. The van der Waals surface area contributed by atoms with Gasteiger partial charge in [0.25, 0.3) is 6.47 Å². The lowest BCUT2D eigenvalue weighted by Gasteiger charge is -2.35. The molecule has 2 heterocycles. The zero-order valence-electron chi connectivity index (χ0n) is 16.1. The highest BCUT2D eigenvalue weighted by Gasteiger charge is 2.21. The molecule has 0 N–H and O–H groups in total. The summed E-state index contributed by atoms with van der Waals surface area (Å²) >= 11 is 6.66. The van der Waals surface area contributed by atoms with Crippen molar-refractivity contribution in [3.8, 4) is 5.75 Å². The number of benzene rings is 1. The molecule has 0 amide bonds. The molecule has 0 radical (unpaired) electrons. The van der Waals surface area contributed by atoms with E-state index >= 15 is 0 Å². The number of likely N-dealkylation sites (N-methyl/N-ethyl adjacent to an activating group) is 1. The van der Waals surface area contributed by atoms with Crippen molar-refractivity contribution >= 4 is 34.7 Å². The average Bonchev–Trinajstić information content (AvgIpc) is 2.64. The maximum atomic E-state index is 10.4. The first kappa shape index (κ1) is 19.7. The zero-order valence-corrected chi connectivity index (χ0v) is 16.8. The highest BCUT2D eigenvalue weighted by Crippen LogP contribution is 2.37. The second kappa shape index (κ2) is 8.76. The summed E-state index contributed by atoms with van der Waals surface area (Å²) in [4.78, 5) is 19.6. The summed E-state index contributed by atoms with van der Waals surface area (Å²) in [6.07, 6.45) is 2.35. The molecule has 7 heteroatoms. The highest BCUT2D eigenvalue weighted by atomic mass is 35.5. The molecule has 0 spiro atoms. The van der Waals surface area contributed by atoms with E-state index in [1.165, 1.54) is 0 Å². The number of piperazine rings is 1. The SMILES string of the molecule is CC(C)Oc1cc2ncc(CCOC=O)c(Cl)c2cc1N1CCN(C)CC1. The minimum absolute atomic E-state index is 0.0731. The largest absolute Gasteiger partial charge is 0.489 e. The lowest BCUT2D eigenvalue weighted by Crippen LogP contribution is -2.44. The molecule has 1 aliphatic heterocycles. The number of aromatic nitrogens is 1. The van der Waals surface area contributed by atoms with E-state index in [0.29, 0.717) is 17.9 Å². The number of carbonyl (C=O) groups is 1. The van der Waals surface area contributed by atoms with Crippen molar-refractivity contribution in [2.45, 2.75) is 26.4 Å². The van der Waals surface area contributed by atoms with Gasteiger partial charge in [-0.25, -0.2) is 0 Å². The number of hydrogen-bond donors (Lipinski definition) is 0. The summed E-state index contributed by atoms with van der Waals surface area (Å²) in [5.74, 6) is 0.836. The van der Waals surface area contributed by atoms with Crippen LogP contribution in [0.25, 0.3) is 10.9 Å². The standard InChI is InChI=1S/C20H26ClN3O3/c1-14(2)27-19-11-17-16(10-18(19)24-7-5-23(3)6-8-24)20(21)15(12-22-17)4-9-26-13-25/h10-14H,4-9H2,1-3H3. The van der Waals surface area contributed by atoms with Gasteiger partial charge < -0.3 is 19.3 Å². The number of rotatable bonds is 7. The van der Waals surface area contributed by atoms with E-state index in [1.54, 1.807) is 6.20 Å². The molecule has 0 unspecified atom stereocenters. The van der Waals surface area contributed by atoms with E-state index in [2.05, 4.69) is 27.9 Å². The Kier molecular flexibility index (Phi) is 6.39. The first-order chi connectivity index (χ1) is 13.0. The second-order valence-electron chi connectivity index (χ2n) is 7.11. The number of halogens is 1. The molecule has 6 nitrogen and oxygen atoms in total. The van der Waals surface area contributed by atoms with Gasteiger partial charge in [0.05, 0.1) is 28.9 Å². The predicted octanol–water partition coefficient (Wildman–Crippen LogP) is 3.14. The molecular formula is C20H26ClN3O3. The first-order valence-corrected chi connectivity index (χ1v) is 9.64. The van der Waals surface area contributed by atoms with Crippen LogP contribution in [-0.4, -0.2) is 62.3 Å². The average molecular weight is 392 g/mol. The van der Waals surface area contributed by atoms with Crippen molar-refractivity contribution in [2.75, 3.05) is 44.7 Å². The van der Waals surface area contributed by atoms with Crippen molar-refractivity contribution < 1.29 is 14.3 Å². The van der Waals surface area contributed by atoms with Crippen LogP contribution in [0.4, 0.5) is 5.69 Å². The summed E-state index contributed by atoms with van der Waals surface area (Å²) in [7, 11) is 2.14. The number of carbonyl (C=O) groups excluding carboxylic acids is 1. The van der Waals surface area contributed by atoms with Gasteiger partial charge in [-0.2, -0.15) is 0 Å². The summed E-state index contributed by atoms with van der Waals surface area (Å²) in [5.41, 5.74) is 2.72. The molecule has 0 bridgehead atoms. The smallest absolute Gasteiger partial charge is 0.293 e. The van der Waals surface area contributed by atoms with Crippen LogP contribution in [0, 0.1) is 0 Å². The molecule has 0 aliphatic carbocycles. The normalized spacial score (nSPS) is 15.4. The predicted molar refractivity (Wildman–Crippen MR) is 108 cm³/mol. The summed E-state index contributed by atoms with van der Waals surface area (Å²) in [6, 6.07) is 4.05. The third-order valence-corrected chi connectivity index (χ3v) is 5.17. The molecule has 1 aromatic carbocycles. The van der Waals surface area contributed by atoms with E-state index in [-0.39, 0.29) is 12.7 Å². The Morgan fingerprint density at radius 1 is 1.26 bits per heavy atom. The fourth-order valence-corrected chi connectivity index (χ4v) is 3.55. The first-order valence-electron chi connectivity index (χ1n) is 9.26. The Hall–Kier alpha value is -2.05. The number of hydrogen-bond acceptors (Lipinski definition) is 6. The maximum absolute atomic E-state index is 10.4. The van der Waals surface area contributed by atoms with Gasteiger partial charge in [0.15, 0.2) is 0 Å². The fourth-order valence-electron chi connectivity index (χ4n) is 3.25. The topological polar surface area (TPSA) is 54.9 Å². The van der Waals surface area contributed by atoms with Crippen LogP contribution in [0.5, 0.6) is 5.75 Å². The van der Waals surface area contributed by atoms with Gasteiger partial charge in [0.1, 0.15) is 5.75 Å². The summed E-state index contributed by atoms with van der Waals surface area (Å²) < 4.78 is 10.9. The van der Waals surface area contributed by atoms with E-state index in [0.717, 1.165) is 54.1 Å². The molecule has 0 saturated carbocycles. The summed E-state index contributed by atoms with van der Waals surface area (Å²) in [5, 5.41) is 1.55. The Balaban J connectivity index is 2.01. The molecule has 1 fully saturated rings. The Morgan fingerprint density at radius 2 is 2.00 bits per heavy atom. The van der Waals surface area contributed by atoms with Crippen LogP contribution < -0.4 is 9.64 Å². The van der Waals surface area contributed by atoms with Crippen molar-refractivity contribution in [3.63, 3.8) is 0 Å². The lowest BCUT2D eigenvalue weighted by molar-refractivity contribution is -0.128. The lowest BCUT2D eigenvalue weighted by atomic mass is 10.1. The van der Waals surface area contributed by atoms with E-state index in [1.807, 2.05) is 19.9 Å². The number of fused-ring (bicyclic) bond motifs is 1. The van der Waals surface area contributed by atoms with Crippen LogP contribution in [0.2, 0.25) is 5.02 Å². The van der Waals surface area contributed by atoms with Gasteiger partial charge in [0, 0.05) is 50.2 Å². The minimum Gasteiger partial charge on any atom is -0.489 e. The van der Waals surface area contributed by atoms with Crippen molar-refractivity contribution in [1.82, 2.24) is 9.88 Å². The molecule has 27 heavy (non-hydrogen) atoms. The van der Waals surface area contributed by atoms with Gasteiger partial charge in [0.2, 0.25) is 0 Å². The van der Waals surface area contributed by atoms with E-state index in [4.69, 9.17) is 21.1 Å². The van der Waals surface area contributed by atoms with Gasteiger partial charge in [-0.15, -0.1) is 0 Å². The minimum atomic E-state index is 0.0731. The van der Waals surface area contributed by atoms with Gasteiger partial charge in [-0.1, -0.05) is 11.6 Å². The van der Waals surface area contributed by atoms with Gasteiger partial charge >= 0.3 is 0 Å². The molecule has 3 rings (SSSR count). The highest BCUT2D eigenvalue weighted by molar-refractivity contribution is 6.36. The number of nitrogens with zero attached hydrogens (tertiary/aromatic N) is 3. The fraction of sp³-hybridized carbons (Fsp3) is 0.500. The number of anilines is 1. The van der Waals surface area contributed by atoms with E-state index < -0.39 is 0 Å². The Morgan fingerprint density at radius 3 is 2.67 bits per heavy atom. The summed E-state index contributed by atoms with van der Waals surface area (Å²) in [6.45, 7) is 8.67. The Bertz CT molecular complexity index is 805. The molecule has 1 saturated heterocycles. The van der Waals surface area contributed by atoms with Crippen molar-refractivity contribution in [1.29, 1.82) is 0 Å². The van der Waals surface area contributed by atoms with Crippen LogP contribution in [0.3, 0.4) is 0 Å².